The molecule has 1 atom stereocenters. The Morgan fingerprint density at radius 2 is 2.15 bits per heavy atom. The van der Waals surface area contributed by atoms with Gasteiger partial charge in [0.1, 0.15) is 11.6 Å². The lowest BCUT2D eigenvalue weighted by atomic mass is 9.65. The zero-order chi connectivity index (χ0) is 14.3. The van der Waals surface area contributed by atoms with Crippen molar-refractivity contribution < 1.29 is 18.7 Å². The average molecular weight is 344 g/mol. The maximum absolute atomic E-state index is 13.8. The molecule has 108 valence electrons. The maximum Gasteiger partial charge on any atom is 0.229 e. The van der Waals surface area contributed by atoms with Crippen LogP contribution in [-0.4, -0.2) is 26.2 Å². The topological polar surface area (TPSA) is 47.6 Å². The molecule has 3 rings (SSSR count). The van der Waals surface area contributed by atoms with Crippen molar-refractivity contribution in [3.63, 3.8) is 0 Å². The van der Waals surface area contributed by atoms with Gasteiger partial charge in [0.25, 0.3) is 0 Å². The van der Waals surface area contributed by atoms with E-state index >= 15 is 0 Å². The van der Waals surface area contributed by atoms with Gasteiger partial charge in [-0.2, -0.15) is 0 Å². The number of nitrogens with one attached hydrogen (secondary N) is 1. The Balaban J connectivity index is 2.00. The van der Waals surface area contributed by atoms with Crippen LogP contribution >= 0.6 is 15.9 Å². The van der Waals surface area contributed by atoms with Crippen LogP contribution in [0, 0.1) is 11.2 Å². The normalized spacial score (nSPS) is 24.1. The van der Waals surface area contributed by atoms with Gasteiger partial charge in [-0.25, -0.2) is 4.39 Å². The SMILES string of the molecule is COc1cc(Br)c(F)cc1[C@@H]1NC(=O)C12CCOCC2. The van der Waals surface area contributed by atoms with E-state index in [1.807, 2.05) is 0 Å². The summed E-state index contributed by atoms with van der Waals surface area (Å²) in [6, 6.07) is 2.82. The summed E-state index contributed by atoms with van der Waals surface area (Å²) >= 11 is 3.15. The summed E-state index contributed by atoms with van der Waals surface area (Å²) in [5.41, 5.74) is 0.209. The van der Waals surface area contributed by atoms with E-state index < -0.39 is 5.41 Å². The molecule has 0 bridgehead atoms. The standard InChI is InChI=1S/C14H15BrFNO3/c1-19-11-7-9(15)10(16)6-8(11)12-14(13(18)17-12)2-4-20-5-3-14/h6-7,12H,2-5H2,1H3,(H,17,18)/t12-/m0/s1. The van der Waals surface area contributed by atoms with Crippen LogP contribution in [0.3, 0.4) is 0 Å². The first kappa shape index (κ1) is 13.8. The number of rotatable bonds is 2. The highest BCUT2D eigenvalue weighted by Gasteiger charge is 2.56. The molecule has 0 radical (unpaired) electrons. The number of β-lactam (4-membered cyclic amide) rings is 1. The second-order valence-corrected chi connectivity index (χ2v) is 6.04. The summed E-state index contributed by atoms with van der Waals surface area (Å²) in [6.45, 7) is 1.12. The minimum atomic E-state index is -0.480. The van der Waals surface area contributed by atoms with Crippen molar-refractivity contribution in [1.82, 2.24) is 5.32 Å². The molecule has 0 aromatic heterocycles. The highest BCUT2D eigenvalue weighted by Crippen LogP contribution is 2.51. The first-order valence-corrected chi connectivity index (χ1v) is 7.29. The molecule has 2 aliphatic rings. The molecule has 0 saturated carbocycles. The highest BCUT2D eigenvalue weighted by molar-refractivity contribution is 9.10. The molecule has 6 heteroatoms. The van der Waals surface area contributed by atoms with Crippen LogP contribution in [0.4, 0.5) is 4.39 Å². The van der Waals surface area contributed by atoms with Crippen molar-refractivity contribution in [2.45, 2.75) is 18.9 Å². The van der Waals surface area contributed by atoms with Crippen molar-refractivity contribution in [3.05, 3.63) is 28.0 Å². The summed E-state index contributed by atoms with van der Waals surface area (Å²) in [7, 11) is 1.54. The van der Waals surface area contributed by atoms with E-state index in [0.717, 1.165) is 0 Å². The van der Waals surface area contributed by atoms with Crippen LogP contribution in [-0.2, 0) is 9.53 Å². The lowest BCUT2D eigenvalue weighted by Gasteiger charge is -2.51. The summed E-state index contributed by atoms with van der Waals surface area (Å²) in [5.74, 6) is 0.245. The Hall–Kier alpha value is -1.14. The predicted molar refractivity (Wildman–Crippen MR) is 74.0 cm³/mol. The molecule has 20 heavy (non-hydrogen) atoms. The van der Waals surface area contributed by atoms with Crippen LogP contribution < -0.4 is 10.1 Å². The van der Waals surface area contributed by atoms with Gasteiger partial charge < -0.3 is 14.8 Å². The highest BCUT2D eigenvalue weighted by atomic mass is 79.9. The molecule has 2 aliphatic heterocycles. The van der Waals surface area contributed by atoms with E-state index in [1.54, 1.807) is 13.2 Å². The molecule has 0 unspecified atom stereocenters. The molecule has 1 aromatic carbocycles. The Labute approximate surface area is 124 Å². The van der Waals surface area contributed by atoms with Gasteiger partial charge in [-0.3, -0.25) is 4.79 Å². The minimum Gasteiger partial charge on any atom is -0.496 e. The van der Waals surface area contributed by atoms with Crippen LogP contribution in [0.5, 0.6) is 5.75 Å². The van der Waals surface area contributed by atoms with Crippen LogP contribution in [0.1, 0.15) is 24.4 Å². The van der Waals surface area contributed by atoms with Crippen LogP contribution in [0.25, 0.3) is 0 Å². The van der Waals surface area contributed by atoms with E-state index in [1.165, 1.54) is 6.07 Å². The van der Waals surface area contributed by atoms with Gasteiger partial charge in [0.15, 0.2) is 0 Å². The fourth-order valence-corrected chi connectivity index (χ4v) is 3.36. The van der Waals surface area contributed by atoms with Gasteiger partial charge in [0.2, 0.25) is 5.91 Å². The van der Waals surface area contributed by atoms with E-state index in [0.29, 0.717) is 41.8 Å². The molecule has 1 aromatic rings. The number of amides is 1. The third-order valence-electron chi connectivity index (χ3n) is 4.25. The molecular formula is C14H15BrFNO3. The van der Waals surface area contributed by atoms with Crippen LogP contribution in [0.15, 0.2) is 16.6 Å². The number of carbonyl (C=O) groups excluding carboxylic acids is 1. The summed E-state index contributed by atoms with van der Waals surface area (Å²) in [5, 5.41) is 2.88. The number of benzene rings is 1. The zero-order valence-electron chi connectivity index (χ0n) is 11.0. The van der Waals surface area contributed by atoms with Gasteiger partial charge in [0, 0.05) is 18.8 Å². The number of hydrogen-bond acceptors (Lipinski definition) is 3. The zero-order valence-corrected chi connectivity index (χ0v) is 12.6. The van der Waals surface area contributed by atoms with E-state index in [9.17, 15) is 9.18 Å². The Bertz CT molecular complexity index is 558. The smallest absolute Gasteiger partial charge is 0.229 e. The third kappa shape index (κ3) is 1.93. The van der Waals surface area contributed by atoms with Gasteiger partial charge in [0.05, 0.1) is 23.0 Å². The van der Waals surface area contributed by atoms with Crippen molar-refractivity contribution in [2.24, 2.45) is 5.41 Å². The average Bonchev–Trinajstić information content (AvgIpc) is 2.48. The fraction of sp³-hybridized carbons (Fsp3) is 0.500. The summed E-state index contributed by atoms with van der Waals surface area (Å²) < 4.78 is 24.8. The van der Waals surface area contributed by atoms with Crippen LogP contribution in [0.2, 0.25) is 0 Å². The molecule has 0 aliphatic carbocycles. The van der Waals surface area contributed by atoms with Gasteiger partial charge in [-0.15, -0.1) is 0 Å². The van der Waals surface area contributed by atoms with E-state index in [4.69, 9.17) is 9.47 Å². The molecular weight excluding hydrogens is 329 g/mol. The van der Waals surface area contributed by atoms with Gasteiger partial charge in [-0.05, 0) is 40.9 Å². The van der Waals surface area contributed by atoms with Crippen molar-refractivity contribution in [1.29, 1.82) is 0 Å². The largest absolute Gasteiger partial charge is 0.496 e. The molecule has 2 saturated heterocycles. The molecule has 4 nitrogen and oxygen atoms in total. The fourth-order valence-electron chi connectivity index (χ4n) is 3.04. The van der Waals surface area contributed by atoms with E-state index in [-0.39, 0.29) is 17.8 Å². The number of hydrogen-bond donors (Lipinski definition) is 1. The second-order valence-electron chi connectivity index (χ2n) is 5.18. The van der Waals surface area contributed by atoms with Crippen molar-refractivity contribution in [2.75, 3.05) is 20.3 Å². The first-order chi connectivity index (χ1) is 9.58. The summed E-state index contributed by atoms with van der Waals surface area (Å²) in [6.07, 6.45) is 1.31. The lowest BCUT2D eigenvalue weighted by molar-refractivity contribution is -0.156. The second kappa shape index (κ2) is 5.00. The monoisotopic (exact) mass is 343 g/mol. The Morgan fingerprint density at radius 1 is 1.45 bits per heavy atom. The molecule has 1 amide bonds. The quantitative estimate of drug-likeness (QED) is 0.839. The third-order valence-corrected chi connectivity index (χ3v) is 4.86. The Morgan fingerprint density at radius 3 is 2.75 bits per heavy atom. The maximum atomic E-state index is 13.8. The van der Waals surface area contributed by atoms with Gasteiger partial charge in [-0.1, -0.05) is 0 Å². The number of methoxy groups -OCH3 is 1. The molecule has 2 fully saturated rings. The minimum absolute atomic E-state index is 0.0242. The van der Waals surface area contributed by atoms with Crippen molar-refractivity contribution in [3.8, 4) is 5.75 Å². The number of ether oxygens (including phenoxy) is 2. The van der Waals surface area contributed by atoms with Gasteiger partial charge >= 0.3 is 0 Å². The van der Waals surface area contributed by atoms with E-state index in [2.05, 4.69) is 21.2 Å². The Kier molecular flexibility index (Phi) is 3.46. The number of halogens is 2. The van der Waals surface area contributed by atoms with Crippen molar-refractivity contribution >= 4 is 21.8 Å². The predicted octanol–water partition coefficient (Wildman–Crippen LogP) is 2.56. The number of carbonyl (C=O) groups is 1. The first-order valence-electron chi connectivity index (χ1n) is 6.50. The summed E-state index contributed by atoms with van der Waals surface area (Å²) in [4.78, 5) is 12.0. The molecule has 2 heterocycles. The lowest BCUT2D eigenvalue weighted by Crippen LogP contribution is -2.63. The molecule has 1 N–H and O–H groups in total. The molecule has 1 spiro atoms.